The zero-order valence-electron chi connectivity index (χ0n) is 13.0. The number of hydrogen-bond acceptors (Lipinski definition) is 3. The first-order valence-electron chi connectivity index (χ1n) is 7.48. The molecular weight excluding hydrogens is 348 g/mol. The molecule has 1 rings (SSSR count). The Morgan fingerprint density at radius 1 is 1.27 bits per heavy atom. The molecule has 0 radical (unpaired) electrons. The number of nitrogens with one attached hydrogen (secondary N) is 2. The first-order chi connectivity index (χ1) is 10.5. The Morgan fingerprint density at radius 3 is 2.59 bits per heavy atom. The third-order valence-electron chi connectivity index (χ3n) is 2.95. The van der Waals surface area contributed by atoms with E-state index in [4.69, 9.17) is 4.74 Å². The number of hydrogen-bond donors (Lipinski definition) is 2. The second kappa shape index (κ2) is 10.2. The van der Waals surface area contributed by atoms with Crippen LogP contribution in [0.3, 0.4) is 0 Å². The molecule has 0 unspecified atom stereocenters. The average molecular weight is 371 g/mol. The molecule has 0 spiro atoms. The minimum Gasteiger partial charge on any atom is -0.494 e. The van der Waals surface area contributed by atoms with E-state index in [1.807, 2.05) is 31.2 Å². The highest BCUT2D eigenvalue weighted by atomic mass is 79.9. The summed E-state index contributed by atoms with van der Waals surface area (Å²) in [5.41, 5.74) is 0. The molecule has 0 saturated heterocycles. The minimum atomic E-state index is -0.508. The SMILES string of the molecule is CCCNC(=O)[C@H](C)NC(=O)CCCOc1ccc(Br)cc1. The highest BCUT2D eigenvalue weighted by Crippen LogP contribution is 2.16. The van der Waals surface area contributed by atoms with Crippen LogP contribution in [0.15, 0.2) is 28.7 Å². The van der Waals surface area contributed by atoms with E-state index in [0.29, 0.717) is 26.0 Å². The first kappa shape index (κ1) is 18.5. The average Bonchev–Trinajstić information content (AvgIpc) is 2.50. The highest BCUT2D eigenvalue weighted by Gasteiger charge is 2.14. The molecule has 0 saturated carbocycles. The predicted octanol–water partition coefficient (Wildman–Crippen LogP) is 2.64. The number of rotatable bonds is 9. The monoisotopic (exact) mass is 370 g/mol. The van der Waals surface area contributed by atoms with Gasteiger partial charge in [-0.2, -0.15) is 0 Å². The smallest absolute Gasteiger partial charge is 0.242 e. The van der Waals surface area contributed by atoms with Crippen molar-refractivity contribution in [3.63, 3.8) is 0 Å². The Labute approximate surface area is 139 Å². The molecule has 1 aromatic carbocycles. The molecule has 2 amide bonds. The molecule has 1 aromatic rings. The van der Waals surface area contributed by atoms with Crippen LogP contribution in [-0.4, -0.2) is 31.0 Å². The topological polar surface area (TPSA) is 67.4 Å². The maximum Gasteiger partial charge on any atom is 0.242 e. The fraction of sp³-hybridized carbons (Fsp3) is 0.500. The molecule has 0 bridgehead atoms. The van der Waals surface area contributed by atoms with Gasteiger partial charge >= 0.3 is 0 Å². The van der Waals surface area contributed by atoms with Gasteiger partial charge < -0.3 is 15.4 Å². The third kappa shape index (κ3) is 7.45. The van der Waals surface area contributed by atoms with Crippen LogP contribution in [0.1, 0.15) is 33.1 Å². The van der Waals surface area contributed by atoms with E-state index in [2.05, 4.69) is 26.6 Å². The Kier molecular flexibility index (Phi) is 8.58. The van der Waals surface area contributed by atoms with Gasteiger partial charge in [-0.05, 0) is 44.0 Å². The van der Waals surface area contributed by atoms with Crippen LogP contribution < -0.4 is 15.4 Å². The van der Waals surface area contributed by atoms with Gasteiger partial charge in [-0.25, -0.2) is 0 Å². The molecule has 0 aromatic heterocycles. The Bertz CT molecular complexity index is 477. The lowest BCUT2D eigenvalue weighted by molar-refractivity contribution is -0.128. The number of amides is 2. The van der Waals surface area contributed by atoms with Crippen molar-refractivity contribution in [3.05, 3.63) is 28.7 Å². The van der Waals surface area contributed by atoms with Crippen molar-refractivity contribution >= 4 is 27.7 Å². The summed E-state index contributed by atoms with van der Waals surface area (Å²) in [6.07, 6.45) is 1.81. The van der Waals surface area contributed by atoms with Crippen LogP contribution in [0.4, 0.5) is 0 Å². The van der Waals surface area contributed by atoms with Crippen molar-refractivity contribution in [3.8, 4) is 5.75 Å². The molecule has 2 N–H and O–H groups in total. The summed E-state index contributed by atoms with van der Waals surface area (Å²) in [4.78, 5) is 23.4. The maximum absolute atomic E-state index is 11.7. The molecule has 5 nitrogen and oxygen atoms in total. The summed E-state index contributed by atoms with van der Waals surface area (Å²) < 4.78 is 6.53. The van der Waals surface area contributed by atoms with Crippen molar-refractivity contribution in [2.45, 2.75) is 39.2 Å². The van der Waals surface area contributed by atoms with Crippen LogP contribution in [0.5, 0.6) is 5.75 Å². The fourth-order valence-corrected chi connectivity index (χ4v) is 2.00. The highest BCUT2D eigenvalue weighted by molar-refractivity contribution is 9.10. The summed E-state index contributed by atoms with van der Waals surface area (Å²) in [5.74, 6) is 0.482. The van der Waals surface area contributed by atoms with Crippen LogP contribution in [0.25, 0.3) is 0 Å². The lowest BCUT2D eigenvalue weighted by Crippen LogP contribution is -2.45. The van der Waals surface area contributed by atoms with Crippen LogP contribution in [0.2, 0.25) is 0 Å². The van der Waals surface area contributed by atoms with Gasteiger partial charge in [-0.3, -0.25) is 9.59 Å². The lowest BCUT2D eigenvalue weighted by atomic mass is 10.2. The number of carbonyl (C=O) groups excluding carboxylic acids is 2. The predicted molar refractivity (Wildman–Crippen MR) is 89.8 cm³/mol. The number of carbonyl (C=O) groups is 2. The zero-order chi connectivity index (χ0) is 16.4. The summed E-state index contributed by atoms with van der Waals surface area (Å²) in [6, 6.07) is 7.03. The summed E-state index contributed by atoms with van der Waals surface area (Å²) in [7, 11) is 0. The summed E-state index contributed by atoms with van der Waals surface area (Å²) >= 11 is 3.36. The van der Waals surface area contributed by atoms with Gasteiger partial charge in [0.25, 0.3) is 0 Å². The fourth-order valence-electron chi connectivity index (χ4n) is 1.73. The van der Waals surface area contributed by atoms with Gasteiger partial charge in [0.1, 0.15) is 11.8 Å². The van der Waals surface area contributed by atoms with Gasteiger partial charge in [0.2, 0.25) is 11.8 Å². The zero-order valence-corrected chi connectivity index (χ0v) is 14.6. The number of halogens is 1. The molecule has 122 valence electrons. The quantitative estimate of drug-likeness (QED) is 0.656. The van der Waals surface area contributed by atoms with Gasteiger partial charge in [-0.15, -0.1) is 0 Å². The molecule has 0 heterocycles. The first-order valence-corrected chi connectivity index (χ1v) is 8.27. The molecule has 0 aliphatic carbocycles. The van der Waals surface area contributed by atoms with E-state index < -0.39 is 6.04 Å². The maximum atomic E-state index is 11.7. The second-order valence-electron chi connectivity index (χ2n) is 4.99. The normalized spacial score (nSPS) is 11.6. The van der Waals surface area contributed by atoms with Gasteiger partial charge in [0, 0.05) is 17.4 Å². The van der Waals surface area contributed by atoms with E-state index in [1.165, 1.54) is 0 Å². The summed E-state index contributed by atoms with van der Waals surface area (Å²) in [5, 5.41) is 5.43. The van der Waals surface area contributed by atoms with E-state index in [0.717, 1.165) is 16.6 Å². The second-order valence-corrected chi connectivity index (χ2v) is 5.90. The lowest BCUT2D eigenvalue weighted by Gasteiger charge is -2.13. The third-order valence-corrected chi connectivity index (χ3v) is 3.48. The van der Waals surface area contributed by atoms with E-state index >= 15 is 0 Å². The van der Waals surface area contributed by atoms with E-state index in [9.17, 15) is 9.59 Å². The Hall–Kier alpha value is -1.56. The van der Waals surface area contributed by atoms with Crippen molar-refractivity contribution in [1.29, 1.82) is 0 Å². The Morgan fingerprint density at radius 2 is 1.95 bits per heavy atom. The largest absolute Gasteiger partial charge is 0.494 e. The molecular formula is C16H23BrN2O3. The van der Waals surface area contributed by atoms with Crippen molar-refractivity contribution in [1.82, 2.24) is 10.6 Å². The van der Waals surface area contributed by atoms with Gasteiger partial charge in [0.15, 0.2) is 0 Å². The molecule has 0 aliphatic heterocycles. The van der Waals surface area contributed by atoms with E-state index in [1.54, 1.807) is 6.92 Å². The van der Waals surface area contributed by atoms with Crippen molar-refractivity contribution < 1.29 is 14.3 Å². The molecule has 6 heteroatoms. The molecule has 1 atom stereocenters. The standard InChI is InChI=1S/C16H23BrN2O3/c1-3-10-18-16(21)12(2)19-15(20)5-4-11-22-14-8-6-13(17)7-9-14/h6-9,12H,3-5,10-11H2,1-2H3,(H,18,21)(H,19,20)/t12-/m0/s1. The van der Waals surface area contributed by atoms with Gasteiger partial charge in [0.05, 0.1) is 6.61 Å². The Balaban J connectivity index is 2.17. The van der Waals surface area contributed by atoms with Crippen LogP contribution >= 0.6 is 15.9 Å². The van der Waals surface area contributed by atoms with Crippen molar-refractivity contribution in [2.24, 2.45) is 0 Å². The molecule has 0 aliphatic rings. The minimum absolute atomic E-state index is 0.140. The number of ether oxygens (including phenoxy) is 1. The van der Waals surface area contributed by atoms with Crippen molar-refractivity contribution in [2.75, 3.05) is 13.2 Å². The molecule has 0 fully saturated rings. The van der Waals surface area contributed by atoms with Crippen LogP contribution in [0, 0.1) is 0 Å². The van der Waals surface area contributed by atoms with Gasteiger partial charge in [-0.1, -0.05) is 22.9 Å². The van der Waals surface area contributed by atoms with E-state index in [-0.39, 0.29) is 11.8 Å². The molecule has 22 heavy (non-hydrogen) atoms. The van der Waals surface area contributed by atoms with Crippen LogP contribution in [-0.2, 0) is 9.59 Å². The number of benzene rings is 1. The summed E-state index contributed by atoms with van der Waals surface area (Å²) in [6.45, 7) is 4.75.